The monoisotopic (exact) mass is 539 g/mol. The van der Waals surface area contributed by atoms with Crippen LogP contribution in [0.25, 0.3) is 0 Å². The number of rotatable bonds is 7. The van der Waals surface area contributed by atoms with Gasteiger partial charge in [-0.15, -0.1) is 0 Å². The van der Waals surface area contributed by atoms with Crippen molar-refractivity contribution in [1.82, 2.24) is 4.98 Å². The number of benzene rings is 2. The number of methoxy groups -OCH3 is 1. The molecule has 9 heteroatoms. The van der Waals surface area contributed by atoms with E-state index in [1.807, 2.05) is 54.3 Å². The zero-order valence-corrected chi connectivity index (χ0v) is 23.2. The Morgan fingerprint density at radius 1 is 0.974 bits per heavy atom. The first-order chi connectivity index (χ1) is 18.4. The van der Waals surface area contributed by atoms with Crippen molar-refractivity contribution in [3.05, 3.63) is 70.8 Å². The normalized spacial score (nSPS) is 14.4. The Hall–Kier alpha value is -3.75. The number of piperazine rings is 1. The molecule has 4 rings (SSSR count). The fourth-order valence-electron chi connectivity index (χ4n) is 4.69. The molecule has 1 saturated heterocycles. The number of halogens is 3. The van der Waals surface area contributed by atoms with Crippen LogP contribution in [0.2, 0.25) is 0 Å². The van der Waals surface area contributed by atoms with E-state index in [1.165, 1.54) is 0 Å². The van der Waals surface area contributed by atoms with E-state index in [0.29, 0.717) is 26.2 Å². The van der Waals surface area contributed by atoms with Crippen molar-refractivity contribution in [3.63, 3.8) is 0 Å². The molecule has 6 nitrogen and oxygen atoms in total. The van der Waals surface area contributed by atoms with E-state index in [0.717, 1.165) is 34.3 Å². The second-order valence-corrected chi connectivity index (χ2v) is 10.8. The highest BCUT2D eigenvalue weighted by molar-refractivity contribution is 5.68. The molecule has 2 heterocycles. The number of anilines is 4. The van der Waals surface area contributed by atoms with E-state index in [2.05, 4.69) is 42.7 Å². The summed E-state index contributed by atoms with van der Waals surface area (Å²) in [4.78, 5) is 12.6. The lowest BCUT2D eigenvalue weighted by Gasteiger charge is -2.37. The van der Waals surface area contributed by atoms with Crippen molar-refractivity contribution in [3.8, 4) is 5.75 Å². The quantitative estimate of drug-likeness (QED) is 0.328. The summed E-state index contributed by atoms with van der Waals surface area (Å²) >= 11 is 0. The number of nitrogens with zero attached hydrogens (tertiary/aromatic N) is 4. The van der Waals surface area contributed by atoms with Gasteiger partial charge in [-0.1, -0.05) is 32.9 Å². The Morgan fingerprint density at radius 2 is 1.62 bits per heavy atom. The third-order valence-electron chi connectivity index (χ3n) is 7.08. The second-order valence-electron chi connectivity index (χ2n) is 10.8. The summed E-state index contributed by atoms with van der Waals surface area (Å²) in [6.07, 6.45) is -4.57. The zero-order valence-electron chi connectivity index (χ0n) is 23.2. The van der Waals surface area contributed by atoms with Crippen molar-refractivity contribution < 1.29 is 17.9 Å². The molecule has 208 valence electrons. The number of ether oxygens (including phenoxy) is 1. The molecular formula is C30H36F3N5O. The maximum Gasteiger partial charge on any atom is 0.417 e. The molecule has 1 aromatic heterocycles. The Bertz CT molecular complexity index is 1310. The van der Waals surface area contributed by atoms with Gasteiger partial charge in [-0.05, 0) is 66.6 Å². The summed E-state index contributed by atoms with van der Waals surface area (Å²) in [6, 6.07) is 14.9. The molecule has 2 aromatic carbocycles. The van der Waals surface area contributed by atoms with Crippen molar-refractivity contribution in [2.45, 2.75) is 45.8 Å². The molecule has 0 spiro atoms. The van der Waals surface area contributed by atoms with Gasteiger partial charge in [-0.3, -0.25) is 4.99 Å². The van der Waals surface area contributed by atoms with Crippen molar-refractivity contribution in [2.75, 3.05) is 48.4 Å². The predicted molar refractivity (Wildman–Crippen MR) is 153 cm³/mol. The Morgan fingerprint density at radius 3 is 2.18 bits per heavy atom. The van der Waals surface area contributed by atoms with Gasteiger partial charge < -0.3 is 19.9 Å². The van der Waals surface area contributed by atoms with Crippen molar-refractivity contribution >= 4 is 29.7 Å². The van der Waals surface area contributed by atoms with Crippen molar-refractivity contribution in [1.29, 1.82) is 0 Å². The molecule has 1 N–H and O–H groups in total. The van der Waals surface area contributed by atoms with Gasteiger partial charge in [0.05, 0.1) is 19.2 Å². The van der Waals surface area contributed by atoms with Gasteiger partial charge in [0.2, 0.25) is 0 Å². The molecule has 0 bridgehead atoms. The van der Waals surface area contributed by atoms with E-state index in [-0.39, 0.29) is 29.2 Å². The van der Waals surface area contributed by atoms with E-state index < -0.39 is 11.7 Å². The van der Waals surface area contributed by atoms with E-state index in [4.69, 9.17) is 9.72 Å². The molecule has 1 aliphatic heterocycles. The van der Waals surface area contributed by atoms with Crippen molar-refractivity contribution in [2.24, 2.45) is 4.99 Å². The number of aliphatic imine (C=N–C) groups is 1. The van der Waals surface area contributed by atoms with Gasteiger partial charge in [-0.2, -0.15) is 13.2 Å². The summed E-state index contributed by atoms with van der Waals surface area (Å²) in [5.74, 6) is 1.22. The first-order valence-corrected chi connectivity index (χ1v) is 13.0. The fourth-order valence-corrected chi connectivity index (χ4v) is 4.69. The van der Waals surface area contributed by atoms with E-state index >= 15 is 0 Å². The topological polar surface area (TPSA) is 53.0 Å². The second kappa shape index (κ2) is 11.2. The fraction of sp³-hybridized carbons (Fsp3) is 0.400. The Labute approximate surface area is 228 Å². The first-order valence-electron chi connectivity index (χ1n) is 13.0. The standard InChI is InChI=1S/C30H36F3N5O/c1-20-7-8-21(29(2,3)4)17-26(20)35-28-24(19-34-5)25(30(31,32)33)18-27(36-28)38-15-13-37(14-16-38)22-9-11-23(39-6)12-10-22/h7-12,17-18H,5,13-16,19H2,1-4,6H3,(H,35,36). The minimum Gasteiger partial charge on any atom is -0.497 e. The number of nitrogens with one attached hydrogen (secondary N) is 1. The third-order valence-corrected chi connectivity index (χ3v) is 7.08. The van der Waals surface area contributed by atoms with Crippen LogP contribution in [0.1, 0.15) is 43.0 Å². The van der Waals surface area contributed by atoms with Gasteiger partial charge in [0.1, 0.15) is 17.4 Å². The van der Waals surface area contributed by atoms with E-state index in [1.54, 1.807) is 7.11 Å². The van der Waals surface area contributed by atoms with Gasteiger partial charge in [0.25, 0.3) is 0 Å². The van der Waals surface area contributed by atoms with Crippen LogP contribution in [0.15, 0.2) is 53.5 Å². The third kappa shape index (κ3) is 6.46. The highest BCUT2D eigenvalue weighted by atomic mass is 19.4. The predicted octanol–water partition coefficient (Wildman–Crippen LogP) is 6.99. The van der Waals surface area contributed by atoms with Gasteiger partial charge in [0, 0.05) is 43.1 Å². The largest absolute Gasteiger partial charge is 0.497 e. The highest BCUT2D eigenvalue weighted by Crippen LogP contribution is 2.39. The molecule has 3 aromatic rings. The van der Waals surface area contributed by atoms with Crippen LogP contribution in [-0.2, 0) is 18.1 Å². The van der Waals surface area contributed by atoms with Crippen LogP contribution in [-0.4, -0.2) is 45.0 Å². The molecule has 39 heavy (non-hydrogen) atoms. The maximum atomic E-state index is 14.3. The molecule has 0 atom stereocenters. The Balaban J connectivity index is 1.68. The smallest absolute Gasteiger partial charge is 0.417 e. The van der Waals surface area contributed by atoms with Crippen LogP contribution < -0.4 is 19.9 Å². The average molecular weight is 540 g/mol. The average Bonchev–Trinajstić information content (AvgIpc) is 2.89. The zero-order chi connectivity index (χ0) is 28.4. The minimum absolute atomic E-state index is 0.0151. The number of hydrogen-bond donors (Lipinski definition) is 1. The summed E-state index contributed by atoms with van der Waals surface area (Å²) in [5, 5.41) is 3.23. The molecular weight excluding hydrogens is 503 g/mol. The van der Waals surface area contributed by atoms with E-state index in [9.17, 15) is 13.2 Å². The molecule has 0 aliphatic carbocycles. The summed E-state index contributed by atoms with van der Waals surface area (Å²) in [6.45, 7) is 13.8. The number of hydrogen-bond acceptors (Lipinski definition) is 6. The number of aromatic nitrogens is 1. The minimum atomic E-state index is -4.57. The SMILES string of the molecule is C=NCc1c(C(F)(F)F)cc(N2CCN(c3ccc(OC)cc3)CC2)nc1Nc1cc(C(C)(C)C)ccc1C. The summed E-state index contributed by atoms with van der Waals surface area (Å²) in [7, 11) is 1.62. The summed E-state index contributed by atoms with van der Waals surface area (Å²) < 4.78 is 48.2. The lowest BCUT2D eigenvalue weighted by atomic mass is 9.86. The van der Waals surface area contributed by atoms with Gasteiger partial charge in [0.15, 0.2) is 0 Å². The highest BCUT2D eigenvalue weighted by Gasteiger charge is 2.36. The van der Waals surface area contributed by atoms with Gasteiger partial charge >= 0.3 is 6.18 Å². The van der Waals surface area contributed by atoms with Gasteiger partial charge in [-0.25, -0.2) is 4.98 Å². The van der Waals surface area contributed by atoms with Crippen LogP contribution in [0, 0.1) is 6.92 Å². The number of pyridine rings is 1. The van der Waals surface area contributed by atoms with Crippen LogP contribution >= 0.6 is 0 Å². The molecule has 0 saturated carbocycles. The first kappa shape index (κ1) is 28.3. The maximum absolute atomic E-state index is 14.3. The van der Waals surface area contributed by atoms with Crippen LogP contribution in [0.3, 0.4) is 0 Å². The van der Waals surface area contributed by atoms with Crippen LogP contribution in [0.5, 0.6) is 5.75 Å². The molecule has 0 unspecified atom stereocenters. The molecule has 0 radical (unpaired) electrons. The Kier molecular flexibility index (Phi) is 8.09. The molecule has 0 amide bonds. The van der Waals surface area contributed by atoms with Crippen LogP contribution in [0.4, 0.5) is 36.2 Å². The molecule has 1 aliphatic rings. The number of alkyl halides is 3. The number of aryl methyl sites for hydroxylation is 1. The summed E-state index contributed by atoms with van der Waals surface area (Å²) in [5.41, 5.74) is 2.86. The lowest BCUT2D eigenvalue weighted by molar-refractivity contribution is -0.138. The lowest BCUT2D eigenvalue weighted by Crippen LogP contribution is -2.47. The molecule has 1 fully saturated rings.